The van der Waals surface area contributed by atoms with E-state index in [2.05, 4.69) is 15.9 Å². The molecule has 1 aromatic heterocycles. The van der Waals surface area contributed by atoms with Gasteiger partial charge in [0.25, 0.3) is 10.0 Å². The Kier molecular flexibility index (Phi) is 3.57. The molecular weight excluding hydrogens is 346 g/mol. The van der Waals surface area contributed by atoms with Crippen LogP contribution in [0.25, 0.3) is 0 Å². The van der Waals surface area contributed by atoms with E-state index in [1.54, 1.807) is 10.4 Å². The van der Waals surface area contributed by atoms with Crippen molar-refractivity contribution in [3.63, 3.8) is 0 Å². The van der Waals surface area contributed by atoms with Crippen molar-refractivity contribution in [3.8, 4) is 0 Å². The molecule has 0 amide bonds. The van der Waals surface area contributed by atoms with Crippen LogP contribution in [0.3, 0.4) is 0 Å². The summed E-state index contributed by atoms with van der Waals surface area (Å²) in [5, 5.41) is 0. The molecule has 1 spiro atoms. The first-order valence-electron chi connectivity index (χ1n) is 6.69. The summed E-state index contributed by atoms with van der Waals surface area (Å²) in [5.74, 6) is 0. The van der Waals surface area contributed by atoms with Gasteiger partial charge in [-0.05, 0) is 59.2 Å². The normalized spacial score (nSPS) is 23.5. The highest BCUT2D eigenvalue weighted by atomic mass is 79.9. The van der Waals surface area contributed by atoms with Gasteiger partial charge in [0.15, 0.2) is 0 Å². The molecule has 0 N–H and O–H groups in total. The van der Waals surface area contributed by atoms with Crippen LogP contribution < -0.4 is 0 Å². The Morgan fingerprint density at radius 2 is 2.00 bits per heavy atom. The average molecular weight is 364 g/mol. The number of rotatable bonds is 2. The lowest BCUT2D eigenvalue weighted by molar-refractivity contribution is 0.314. The monoisotopic (exact) mass is 363 g/mol. The molecule has 1 saturated carbocycles. The standard InChI is InChI=1S/C13H18BrNO2S2/c1-10-8-11(18-12(10)14)19(16,17)15-7-6-13(9-15)4-2-3-5-13/h8H,2-7,9H2,1H3. The summed E-state index contributed by atoms with van der Waals surface area (Å²) in [7, 11) is -3.28. The summed E-state index contributed by atoms with van der Waals surface area (Å²) >= 11 is 4.74. The number of thiophene rings is 1. The van der Waals surface area contributed by atoms with Gasteiger partial charge in [0, 0.05) is 13.1 Å². The van der Waals surface area contributed by atoms with Gasteiger partial charge in [-0.2, -0.15) is 4.31 Å². The predicted octanol–water partition coefficient (Wildman–Crippen LogP) is 3.77. The van der Waals surface area contributed by atoms with Gasteiger partial charge in [-0.1, -0.05) is 12.8 Å². The van der Waals surface area contributed by atoms with E-state index in [1.807, 2.05) is 6.92 Å². The van der Waals surface area contributed by atoms with E-state index in [-0.39, 0.29) is 5.41 Å². The Hall–Kier alpha value is 0.0900. The van der Waals surface area contributed by atoms with Crippen molar-refractivity contribution >= 4 is 37.3 Å². The van der Waals surface area contributed by atoms with E-state index in [9.17, 15) is 8.42 Å². The molecule has 0 atom stereocenters. The van der Waals surface area contributed by atoms with Gasteiger partial charge in [0.1, 0.15) is 4.21 Å². The quantitative estimate of drug-likeness (QED) is 0.801. The van der Waals surface area contributed by atoms with Crippen LogP contribution in [0.1, 0.15) is 37.7 Å². The molecule has 2 fully saturated rings. The molecule has 1 aromatic rings. The molecule has 0 bridgehead atoms. The molecule has 2 heterocycles. The Labute approximate surface area is 127 Å². The number of nitrogens with zero attached hydrogens (tertiary/aromatic N) is 1. The van der Waals surface area contributed by atoms with E-state index in [1.165, 1.54) is 37.0 Å². The molecule has 0 aromatic carbocycles. The zero-order valence-electron chi connectivity index (χ0n) is 11.0. The molecule has 2 aliphatic rings. The number of halogens is 1. The number of hydrogen-bond acceptors (Lipinski definition) is 3. The third-order valence-electron chi connectivity index (χ3n) is 4.50. The third-order valence-corrected chi connectivity index (χ3v) is 8.93. The lowest BCUT2D eigenvalue weighted by Crippen LogP contribution is -2.30. The van der Waals surface area contributed by atoms with Crippen LogP contribution in [-0.2, 0) is 10.0 Å². The molecule has 0 unspecified atom stereocenters. The smallest absolute Gasteiger partial charge is 0.206 e. The van der Waals surface area contributed by atoms with Crippen LogP contribution in [0.2, 0.25) is 0 Å². The first-order chi connectivity index (χ1) is 8.93. The fraction of sp³-hybridized carbons (Fsp3) is 0.692. The summed E-state index contributed by atoms with van der Waals surface area (Å²) in [5.41, 5.74) is 1.29. The van der Waals surface area contributed by atoms with E-state index >= 15 is 0 Å². The van der Waals surface area contributed by atoms with Crippen LogP contribution >= 0.6 is 27.3 Å². The molecule has 1 aliphatic heterocycles. The largest absolute Gasteiger partial charge is 0.252 e. The molecule has 1 aliphatic carbocycles. The molecule has 6 heteroatoms. The molecule has 19 heavy (non-hydrogen) atoms. The second kappa shape index (κ2) is 4.83. The minimum atomic E-state index is -3.28. The summed E-state index contributed by atoms with van der Waals surface area (Å²) < 4.78 is 28.4. The van der Waals surface area contributed by atoms with Crippen molar-refractivity contribution in [2.24, 2.45) is 5.41 Å². The van der Waals surface area contributed by atoms with Crippen LogP contribution in [0.5, 0.6) is 0 Å². The van der Waals surface area contributed by atoms with Gasteiger partial charge < -0.3 is 0 Å². The fourth-order valence-electron chi connectivity index (χ4n) is 3.32. The molecule has 106 valence electrons. The van der Waals surface area contributed by atoms with Crippen molar-refractivity contribution in [2.45, 2.75) is 43.2 Å². The SMILES string of the molecule is Cc1cc(S(=O)(=O)N2CCC3(CCCC3)C2)sc1Br. The fourth-order valence-corrected chi connectivity index (χ4v) is 7.25. The van der Waals surface area contributed by atoms with E-state index < -0.39 is 10.0 Å². The number of hydrogen-bond donors (Lipinski definition) is 0. The second-order valence-electron chi connectivity index (χ2n) is 5.82. The van der Waals surface area contributed by atoms with Gasteiger partial charge in [0.05, 0.1) is 3.79 Å². The highest BCUT2D eigenvalue weighted by molar-refractivity contribution is 9.11. The van der Waals surface area contributed by atoms with Crippen LogP contribution in [0.15, 0.2) is 14.1 Å². The Morgan fingerprint density at radius 3 is 2.58 bits per heavy atom. The van der Waals surface area contributed by atoms with Crippen LogP contribution in [-0.4, -0.2) is 25.8 Å². The predicted molar refractivity (Wildman–Crippen MR) is 81.0 cm³/mol. The third kappa shape index (κ3) is 2.41. The lowest BCUT2D eigenvalue weighted by Gasteiger charge is -2.22. The second-order valence-corrected chi connectivity index (χ2v) is 10.4. The first kappa shape index (κ1) is 14.0. The van der Waals surface area contributed by atoms with Crippen LogP contribution in [0, 0.1) is 12.3 Å². The van der Waals surface area contributed by atoms with Crippen LogP contribution in [0.4, 0.5) is 0 Å². The Morgan fingerprint density at radius 1 is 1.32 bits per heavy atom. The Bertz CT molecular complexity index is 568. The van der Waals surface area contributed by atoms with Gasteiger partial charge in [-0.25, -0.2) is 8.42 Å². The van der Waals surface area contributed by atoms with Crippen molar-refractivity contribution in [1.29, 1.82) is 0 Å². The lowest BCUT2D eigenvalue weighted by atomic mass is 9.86. The van der Waals surface area contributed by atoms with Gasteiger partial charge in [-0.15, -0.1) is 11.3 Å². The maximum absolute atomic E-state index is 12.7. The van der Waals surface area contributed by atoms with Crippen molar-refractivity contribution < 1.29 is 8.42 Å². The molecular formula is C13H18BrNO2S2. The zero-order valence-corrected chi connectivity index (χ0v) is 14.2. The van der Waals surface area contributed by atoms with Crippen molar-refractivity contribution in [1.82, 2.24) is 4.31 Å². The molecule has 3 rings (SSSR count). The minimum Gasteiger partial charge on any atom is -0.206 e. The van der Waals surface area contributed by atoms with E-state index in [0.29, 0.717) is 10.8 Å². The highest BCUT2D eigenvalue weighted by Gasteiger charge is 2.44. The van der Waals surface area contributed by atoms with E-state index in [0.717, 1.165) is 22.3 Å². The van der Waals surface area contributed by atoms with Crippen molar-refractivity contribution in [2.75, 3.05) is 13.1 Å². The summed E-state index contributed by atoms with van der Waals surface area (Å²) in [6.07, 6.45) is 5.96. The van der Waals surface area contributed by atoms with Crippen molar-refractivity contribution in [3.05, 3.63) is 15.4 Å². The molecule has 1 saturated heterocycles. The molecule has 3 nitrogen and oxygen atoms in total. The number of sulfonamides is 1. The summed E-state index contributed by atoms with van der Waals surface area (Å²) in [6.45, 7) is 3.35. The Balaban J connectivity index is 1.86. The van der Waals surface area contributed by atoms with E-state index in [4.69, 9.17) is 0 Å². The maximum Gasteiger partial charge on any atom is 0.252 e. The molecule has 0 radical (unpaired) electrons. The minimum absolute atomic E-state index is 0.288. The summed E-state index contributed by atoms with van der Waals surface area (Å²) in [6, 6.07) is 1.78. The zero-order chi connectivity index (χ0) is 13.7. The van der Waals surface area contributed by atoms with Gasteiger partial charge in [-0.3, -0.25) is 0 Å². The highest BCUT2D eigenvalue weighted by Crippen LogP contribution is 2.47. The first-order valence-corrected chi connectivity index (χ1v) is 9.74. The van der Waals surface area contributed by atoms with Gasteiger partial charge in [0.2, 0.25) is 0 Å². The number of aryl methyl sites for hydroxylation is 1. The average Bonchev–Trinajstić information content (AvgIpc) is 3.05. The van der Waals surface area contributed by atoms with Gasteiger partial charge >= 0.3 is 0 Å². The summed E-state index contributed by atoms with van der Waals surface area (Å²) in [4.78, 5) is 0. The maximum atomic E-state index is 12.7. The topological polar surface area (TPSA) is 37.4 Å².